The maximum atomic E-state index is 12.3. The summed E-state index contributed by atoms with van der Waals surface area (Å²) in [5.74, 6) is 2.13. The number of carbonyl (C=O) groups is 1. The zero-order valence-corrected chi connectivity index (χ0v) is 19.7. The van der Waals surface area contributed by atoms with E-state index >= 15 is 0 Å². The molecule has 0 unspecified atom stereocenters. The van der Waals surface area contributed by atoms with Crippen molar-refractivity contribution < 1.29 is 14.3 Å². The van der Waals surface area contributed by atoms with Crippen molar-refractivity contribution in [2.75, 3.05) is 11.9 Å². The summed E-state index contributed by atoms with van der Waals surface area (Å²) >= 11 is 0. The first-order chi connectivity index (χ1) is 17.2. The Labute approximate surface area is 203 Å². The van der Waals surface area contributed by atoms with Crippen LogP contribution in [-0.4, -0.2) is 43.0 Å². The molecule has 1 aliphatic carbocycles. The zero-order valence-electron chi connectivity index (χ0n) is 19.7. The van der Waals surface area contributed by atoms with Crippen molar-refractivity contribution in [1.29, 1.82) is 0 Å². The average Bonchev–Trinajstić information content (AvgIpc) is 3.60. The molecule has 1 saturated heterocycles. The van der Waals surface area contributed by atoms with Crippen LogP contribution in [-0.2, 0) is 16.6 Å². The number of pyridine rings is 1. The van der Waals surface area contributed by atoms with Crippen LogP contribution >= 0.6 is 0 Å². The molecule has 3 aromatic heterocycles. The van der Waals surface area contributed by atoms with Crippen molar-refractivity contribution in [2.24, 2.45) is 7.05 Å². The zero-order chi connectivity index (χ0) is 23.8. The average molecular weight is 473 g/mol. The Morgan fingerprint density at radius 1 is 1.11 bits per heavy atom. The number of hydrogen-bond donors (Lipinski definition) is 1. The van der Waals surface area contributed by atoms with E-state index in [0.717, 1.165) is 61.2 Å². The maximum Gasteiger partial charge on any atom is 0.173 e. The van der Waals surface area contributed by atoms with Crippen molar-refractivity contribution in [2.45, 2.75) is 50.9 Å². The van der Waals surface area contributed by atoms with Crippen molar-refractivity contribution in [3.8, 4) is 17.0 Å². The van der Waals surface area contributed by atoms with Gasteiger partial charge in [0, 0.05) is 37.8 Å². The van der Waals surface area contributed by atoms with Gasteiger partial charge in [0.15, 0.2) is 23.8 Å². The Balaban J connectivity index is 1.39. The first kappa shape index (κ1) is 21.8. The van der Waals surface area contributed by atoms with Gasteiger partial charge < -0.3 is 14.8 Å². The highest BCUT2D eigenvalue weighted by Crippen LogP contribution is 2.34. The number of aryl methyl sites for hydroxylation is 1. The molecule has 0 radical (unpaired) electrons. The Hall–Kier alpha value is -3.72. The summed E-state index contributed by atoms with van der Waals surface area (Å²) < 4.78 is 15.9. The number of anilines is 2. The molecule has 6 rings (SSSR count). The molecule has 9 heteroatoms. The van der Waals surface area contributed by atoms with Crippen LogP contribution in [0.1, 0.15) is 44.8 Å². The van der Waals surface area contributed by atoms with Gasteiger partial charge in [-0.1, -0.05) is 30.3 Å². The molecular weight excluding hydrogens is 444 g/mol. The molecule has 35 heavy (non-hydrogen) atoms. The second-order valence-electron chi connectivity index (χ2n) is 9.15. The minimum Gasteiger partial charge on any atom is -0.482 e. The van der Waals surface area contributed by atoms with Crippen molar-refractivity contribution in [1.82, 2.24) is 24.5 Å². The third kappa shape index (κ3) is 4.27. The number of aromatic nitrogens is 5. The lowest BCUT2D eigenvalue weighted by Gasteiger charge is -2.24. The van der Waals surface area contributed by atoms with Crippen molar-refractivity contribution in [3.05, 3.63) is 48.7 Å². The molecule has 1 N–H and O–H groups in total. The Morgan fingerprint density at radius 3 is 2.77 bits per heavy atom. The molecule has 4 aromatic rings. The topological polar surface area (TPSA) is 96.1 Å². The van der Waals surface area contributed by atoms with E-state index in [1.54, 1.807) is 10.9 Å². The van der Waals surface area contributed by atoms with E-state index in [4.69, 9.17) is 19.6 Å². The predicted octanol–water partition coefficient (Wildman–Crippen LogP) is 4.77. The van der Waals surface area contributed by atoms with Gasteiger partial charge in [-0.3, -0.25) is 9.48 Å². The minimum atomic E-state index is -0.417. The SMILES string of the molecule is Cn1ncc2c(O[C@@H]3CCCC3=O)cc(Nc3cc(-c4ccccc4)nn3[C@@H]3CCCCO3)nc21. The van der Waals surface area contributed by atoms with Crippen LogP contribution in [0.15, 0.2) is 48.7 Å². The van der Waals surface area contributed by atoms with E-state index in [2.05, 4.69) is 10.4 Å². The van der Waals surface area contributed by atoms with Gasteiger partial charge >= 0.3 is 0 Å². The Kier molecular flexibility index (Phi) is 5.69. The number of nitrogens with one attached hydrogen (secondary N) is 1. The van der Waals surface area contributed by atoms with Crippen LogP contribution in [0.4, 0.5) is 11.6 Å². The fourth-order valence-corrected chi connectivity index (χ4v) is 4.81. The van der Waals surface area contributed by atoms with E-state index in [9.17, 15) is 4.79 Å². The molecule has 180 valence electrons. The highest BCUT2D eigenvalue weighted by Gasteiger charge is 2.28. The number of benzene rings is 1. The summed E-state index contributed by atoms with van der Waals surface area (Å²) in [5, 5.41) is 13.5. The molecule has 2 fully saturated rings. The highest BCUT2D eigenvalue weighted by atomic mass is 16.5. The van der Waals surface area contributed by atoms with Gasteiger partial charge in [0.1, 0.15) is 17.4 Å². The normalized spacial score (nSPS) is 20.4. The van der Waals surface area contributed by atoms with Crippen LogP contribution in [0.25, 0.3) is 22.3 Å². The molecule has 4 heterocycles. The molecule has 9 nitrogen and oxygen atoms in total. The number of fused-ring (bicyclic) bond motifs is 1. The van der Waals surface area contributed by atoms with Crippen molar-refractivity contribution >= 4 is 28.5 Å². The van der Waals surface area contributed by atoms with Gasteiger partial charge in [-0.25, -0.2) is 9.67 Å². The van der Waals surface area contributed by atoms with E-state index in [1.807, 2.05) is 54.2 Å². The Morgan fingerprint density at radius 2 is 2.00 bits per heavy atom. The van der Waals surface area contributed by atoms with Gasteiger partial charge in [-0.15, -0.1) is 0 Å². The predicted molar refractivity (Wildman–Crippen MR) is 132 cm³/mol. The standard InChI is InChI=1S/C26H28N6O3/c1-31-26-18(16-27-31)22(35-21-11-7-10-20(21)33)15-23(29-26)28-24-14-19(17-8-3-2-4-9-17)30-32(24)25-12-5-6-13-34-25/h2-4,8-9,14-16,21,25H,5-7,10-13H2,1H3,(H,28,29)/t21-,25+/m1/s1. The molecule has 0 amide bonds. The van der Waals surface area contributed by atoms with Crippen LogP contribution < -0.4 is 10.1 Å². The number of carbonyl (C=O) groups excluding carboxylic acids is 1. The molecule has 2 aliphatic rings. The second kappa shape index (κ2) is 9.14. The summed E-state index contributed by atoms with van der Waals surface area (Å²) in [7, 11) is 1.84. The van der Waals surface area contributed by atoms with Gasteiger partial charge in [0.2, 0.25) is 0 Å². The van der Waals surface area contributed by atoms with E-state index < -0.39 is 6.10 Å². The summed E-state index contributed by atoms with van der Waals surface area (Å²) in [6.45, 7) is 0.720. The summed E-state index contributed by atoms with van der Waals surface area (Å²) in [6, 6.07) is 14.0. The van der Waals surface area contributed by atoms with E-state index in [1.165, 1.54) is 0 Å². The van der Waals surface area contributed by atoms with Gasteiger partial charge in [-0.2, -0.15) is 10.2 Å². The molecule has 1 aromatic carbocycles. The molecule has 0 spiro atoms. The molecular formula is C26H28N6O3. The van der Waals surface area contributed by atoms with Crippen LogP contribution in [0, 0.1) is 0 Å². The van der Waals surface area contributed by atoms with Gasteiger partial charge in [-0.05, 0) is 32.1 Å². The number of nitrogens with zero attached hydrogens (tertiary/aromatic N) is 5. The summed E-state index contributed by atoms with van der Waals surface area (Å²) in [6.07, 6.45) is 6.39. The summed E-state index contributed by atoms with van der Waals surface area (Å²) in [4.78, 5) is 17.0. The molecule has 0 bridgehead atoms. The van der Waals surface area contributed by atoms with E-state index in [0.29, 0.717) is 23.6 Å². The number of ketones is 1. The lowest BCUT2D eigenvalue weighted by Crippen LogP contribution is -2.21. The third-order valence-electron chi connectivity index (χ3n) is 6.67. The third-order valence-corrected chi connectivity index (χ3v) is 6.67. The van der Waals surface area contributed by atoms with Gasteiger partial charge in [0.25, 0.3) is 0 Å². The number of ether oxygens (including phenoxy) is 2. The monoisotopic (exact) mass is 472 g/mol. The number of rotatable bonds is 6. The molecule has 1 saturated carbocycles. The summed E-state index contributed by atoms with van der Waals surface area (Å²) in [5.41, 5.74) is 2.57. The molecule has 1 aliphatic heterocycles. The van der Waals surface area contributed by atoms with Gasteiger partial charge in [0.05, 0.1) is 17.3 Å². The highest BCUT2D eigenvalue weighted by molar-refractivity contribution is 5.88. The molecule has 2 atom stereocenters. The minimum absolute atomic E-state index is 0.143. The fourth-order valence-electron chi connectivity index (χ4n) is 4.81. The van der Waals surface area contributed by atoms with Crippen molar-refractivity contribution in [3.63, 3.8) is 0 Å². The van der Waals surface area contributed by atoms with Crippen LogP contribution in [0.2, 0.25) is 0 Å². The first-order valence-corrected chi connectivity index (χ1v) is 12.2. The first-order valence-electron chi connectivity index (χ1n) is 12.2. The lowest BCUT2D eigenvalue weighted by molar-refractivity contribution is -0.123. The maximum absolute atomic E-state index is 12.3. The number of hydrogen-bond acceptors (Lipinski definition) is 7. The second-order valence-corrected chi connectivity index (χ2v) is 9.15. The number of Topliss-reactive ketones (excluding diaryl/α,β-unsaturated/α-hetero) is 1. The largest absolute Gasteiger partial charge is 0.482 e. The quantitative estimate of drug-likeness (QED) is 0.432. The lowest BCUT2D eigenvalue weighted by atomic mass is 10.1. The van der Waals surface area contributed by atoms with E-state index in [-0.39, 0.29) is 12.0 Å². The Bertz CT molecular complexity index is 1360. The smallest absolute Gasteiger partial charge is 0.173 e. The van der Waals surface area contributed by atoms with Crippen LogP contribution in [0.3, 0.4) is 0 Å². The van der Waals surface area contributed by atoms with Crippen LogP contribution in [0.5, 0.6) is 5.75 Å². The fraction of sp³-hybridized carbons (Fsp3) is 0.385.